The molecule has 1 aromatic rings. The Kier molecular flexibility index (Phi) is 6.83. The smallest absolute Gasteiger partial charge is 0.315 e. The third kappa shape index (κ3) is 5.87. The van der Waals surface area contributed by atoms with Gasteiger partial charge in [0.2, 0.25) is 0 Å². The van der Waals surface area contributed by atoms with Crippen molar-refractivity contribution < 1.29 is 4.79 Å². The number of carbonyl (C=O) groups is 1. The number of rotatable bonds is 7. The van der Waals surface area contributed by atoms with Gasteiger partial charge in [0.1, 0.15) is 0 Å². The van der Waals surface area contributed by atoms with Gasteiger partial charge in [-0.1, -0.05) is 0 Å². The Hall–Kier alpha value is -0.750. The number of hydrogen-bond acceptors (Lipinski definition) is 4. The van der Waals surface area contributed by atoms with Crippen molar-refractivity contribution >= 4 is 29.1 Å². The van der Waals surface area contributed by atoms with Gasteiger partial charge < -0.3 is 10.6 Å². The van der Waals surface area contributed by atoms with Crippen LogP contribution in [0.2, 0.25) is 0 Å². The monoisotopic (exact) mass is 327 g/mol. The SMILES string of the molecule is CS[C@H]1CC[C@@H](NC(=O)NCCCCc2nc(C)cs2)C1. The Morgan fingerprint density at radius 3 is 3.00 bits per heavy atom. The van der Waals surface area contributed by atoms with Crippen molar-refractivity contribution in [3.63, 3.8) is 0 Å². The summed E-state index contributed by atoms with van der Waals surface area (Å²) in [6, 6.07) is 0.354. The largest absolute Gasteiger partial charge is 0.338 e. The van der Waals surface area contributed by atoms with Gasteiger partial charge in [-0.15, -0.1) is 11.3 Å². The van der Waals surface area contributed by atoms with Crippen LogP contribution in [0.15, 0.2) is 5.38 Å². The second-order valence-electron chi connectivity index (χ2n) is 5.61. The first-order valence-electron chi connectivity index (χ1n) is 7.65. The minimum atomic E-state index is -0.00755. The molecule has 1 aliphatic carbocycles. The van der Waals surface area contributed by atoms with E-state index in [-0.39, 0.29) is 6.03 Å². The third-order valence-corrected chi connectivity index (χ3v) is 5.94. The molecule has 1 aliphatic rings. The molecule has 0 aromatic carbocycles. The van der Waals surface area contributed by atoms with Crippen LogP contribution in [-0.4, -0.2) is 35.1 Å². The molecule has 2 amide bonds. The number of aromatic nitrogens is 1. The van der Waals surface area contributed by atoms with Crippen molar-refractivity contribution in [3.8, 4) is 0 Å². The summed E-state index contributed by atoms with van der Waals surface area (Å²) in [4.78, 5) is 16.2. The van der Waals surface area contributed by atoms with Gasteiger partial charge in [0.15, 0.2) is 0 Å². The maximum atomic E-state index is 11.8. The maximum absolute atomic E-state index is 11.8. The van der Waals surface area contributed by atoms with E-state index in [2.05, 4.69) is 27.3 Å². The van der Waals surface area contributed by atoms with E-state index in [0.717, 1.165) is 49.6 Å². The van der Waals surface area contributed by atoms with E-state index in [9.17, 15) is 4.79 Å². The van der Waals surface area contributed by atoms with E-state index in [0.29, 0.717) is 6.04 Å². The lowest BCUT2D eigenvalue weighted by Crippen LogP contribution is -2.41. The van der Waals surface area contributed by atoms with Gasteiger partial charge >= 0.3 is 6.03 Å². The highest BCUT2D eigenvalue weighted by Gasteiger charge is 2.24. The predicted octanol–water partition coefficient (Wildman–Crippen LogP) is 3.36. The fraction of sp³-hybridized carbons (Fsp3) is 0.733. The van der Waals surface area contributed by atoms with Crippen molar-refractivity contribution in [1.82, 2.24) is 15.6 Å². The number of unbranched alkanes of at least 4 members (excludes halogenated alkanes) is 1. The number of nitrogens with one attached hydrogen (secondary N) is 2. The second kappa shape index (κ2) is 8.63. The summed E-state index contributed by atoms with van der Waals surface area (Å²) in [5, 5.41) is 10.0. The average Bonchev–Trinajstić information content (AvgIpc) is 3.07. The molecule has 6 heteroatoms. The van der Waals surface area contributed by atoms with Gasteiger partial charge in [-0.3, -0.25) is 0 Å². The first-order chi connectivity index (χ1) is 10.2. The van der Waals surface area contributed by atoms with Gasteiger partial charge in [-0.05, 0) is 51.7 Å². The number of amides is 2. The number of urea groups is 1. The Bertz CT molecular complexity index is 450. The molecular formula is C15H25N3OS2. The quantitative estimate of drug-likeness (QED) is 0.755. The molecule has 0 spiro atoms. The number of thiazole rings is 1. The molecule has 1 fully saturated rings. The molecule has 1 aromatic heterocycles. The van der Waals surface area contributed by atoms with E-state index in [4.69, 9.17) is 0 Å². The van der Waals surface area contributed by atoms with Crippen molar-refractivity contribution in [1.29, 1.82) is 0 Å². The summed E-state index contributed by atoms with van der Waals surface area (Å²) in [5.41, 5.74) is 1.10. The molecule has 1 heterocycles. The standard InChI is InChI=1S/C15H25N3OS2/c1-11-10-21-14(17-11)5-3-4-8-16-15(19)18-12-6-7-13(9-12)20-2/h10,12-13H,3-9H2,1-2H3,(H2,16,18,19)/t12-,13+/m1/s1. The fourth-order valence-electron chi connectivity index (χ4n) is 2.64. The lowest BCUT2D eigenvalue weighted by atomic mass is 10.2. The van der Waals surface area contributed by atoms with E-state index in [1.54, 1.807) is 11.3 Å². The minimum Gasteiger partial charge on any atom is -0.338 e. The molecule has 2 atom stereocenters. The van der Waals surface area contributed by atoms with Crippen LogP contribution in [0.5, 0.6) is 0 Å². The van der Waals surface area contributed by atoms with E-state index in [1.807, 2.05) is 18.7 Å². The number of carbonyl (C=O) groups excluding carboxylic acids is 1. The van der Waals surface area contributed by atoms with Crippen LogP contribution in [-0.2, 0) is 6.42 Å². The Morgan fingerprint density at radius 2 is 2.33 bits per heavy atom. The summed E-state index contributed by atoms with van der Waals surface area (Å²) in [6.07, 6.45) is 8.69. The highest BCUT2D eigenvalue weighted by Crippen LogP contribution is 2.27. The van der Waals surface area contributed by atoms with Gasteiger partial charge in [0.05, 0.1) is 5.01 Å². The minimum absolute atomic E-state index is 0.00755. The summed E-state index contributed by atoms with van der Waals surface area (Å²) in [5.74, 6) is 0. The van der Waals surface area contributed by atoms with Gasteiger partial charge in [0.25, 0.3) is 0 Å². The van der Waals surface area contributed by atoms with Crippen LogP contribution in [0, 0.1) is 6.92 Å². The lowest BCUT2D eigenvalue weighted by molar-refractivity contribution is 0.237. The number of hydrogen-bond donors (Lipinski definition) is 2. The molecule has 0 bridgehead atoms. The zero-order valence-corrected chi connectivity index (χ0v) is 14.5. The zero-order chi connectivity index (χ0) is 15.1. The highest BCUT2D eigenvalue weighted by atomic mass is 32.2. The molecule has 0 unspecified atom stereocenters. The normalized spacial score (nSPS) is 21.4. The predicted molar refractivity (Wildman–Crippen MR) is 91.3 cm³/mol. The zero-order valence-electron chi connectivity index (χ0n) is 12.9. The number of thioether (sulfide) groups is 1. The Morgan fingerprint density at radius 1 is 1.48 bits per heavy atom. The maximum Gasteiger partial charge on any atom is 0.315 e. The van der Waals surface area contributed by atoms with Crippen LogP contribution >= 0.6 is 23.1 Å². The van der Waals surface area contributed by atoms with Crippen molar-refractivity contribution in [2.24, 2.45) is 0 Å². The molecule has 2 N–H and O–H groups in total. The Balaban J connectivity index is 1.51. The summed E-state index contributed by atoms with van der Waals surface area (Å²) < 4.78 is 0. The highest BCUT2D eigenvalue weighted by molar-refractivity contribution is 7.99. The van der Waals surface area contributed by atoms with Gasteiger partial charge in [0, 0.05) is 28.9 Å². The average molecular weight is 328 g/mol. The van der Waals surface area contributed by atoms with Gasteiger partial charge in [-0.2, -0.15) is 11.8 Å². The second-order valence-corrected chi connectivity index (χ2v) is 7.69. The molecule has 0 aliphatic heterocycles. The van der Waals surface area contributed by atoms with Crippen LogP contribution in [0.4, 0.5) is 4.79 Å². The number of nitrogens with zero attached hydrogens (tertiary/aromatic N) is 1. The fourth-order valence-corrected chi connectivity index (χ4v) is 4.26. The van der Waals surface area contributed by atoms with Crippen molar-refractivity contribution in [2.75, 3.05) is 12.8 Å². The summed E-state index contributed by atoms with van der Waals surface area (Å²) in [6.45, 7) is 2.77. The molecule has 2 rings (SSSR count). The first-order valence-corrected chi connectivity index (χ1v) is 9.82. The van der Waals surface area contributed by atoms with Gasteiger partial charge in [-0.25, -0.2) is 9.78 Å². The molecule has 21 heavy (non-hydrogen) atoms. The Labute approximate surface area is 135 Å². The molecular weight excluding hydrogens is 302 g/mol. The van der Waals surface area contributed by atoms with Crippen molar-refractivity contribution in [3.05, 3.63) is 16.1 Å². The summed E-state index contributed by atoms with van der Waals surface area (Å²) >= 11 is 3.64. The molecule has 0 radical (unpaired) electrons. The lowest BCUT2D eigenvalue weighted by Gasteiger charge is -2.13. The third-order valence-electron chi connectivity index (χ3n) is 3.82. The van der Waals surface area contributed by atoms with Crippen molar-refractivity contribution in [2.45, 2.75) is 56.7 Å². The van der Waals surface area contributed by atoms with E-state index >= 15 is 0 Å². The molecule has 1 saturated carbocycles. The first kappa shape index (κ1) is 16.6. The topological polar surface area (TPSA) is 54.0 Å². The molecule has 0 saturated heterocycles. The van der Waals surface area contributed by atoms with E-state index < -0.39 is 0 Å². The van der Waals surface area contributed by atoms with Crippen LogP contribution in [0.25, 0.3) is 0 Å². The van der Waals surface area contributed by atoms with Crippen LogP contribution in [0.3, 0.4) is 0 Å². The van der Waals surface area contributed by atoms with E-state index in [1.165, 1.54) is 11.4 Å². The number of aryl methyl sites for hydroxylation is 2. The van der Waals surface area contributed by atoms with Crippen LogP contribution in [0.1, 0.15) is 42.8 Å². The van der Waals surface area contributed by atoms with Crippen LogP contribution < -0.4 is 10.6 Å². The molecule has 118 valence electrons. The molecule has 4 nitrogen and oxygen atoms in total. The summed E-state index contributed by atoms with van der Waals surface area (Å²) in [7, 11) is 0.